The van der Waals surface area contributed by atoms with Gasteiger partial charge in [0.2, 0.25) is 0 Å². The molecule has 2 nitrogen and oxygen atoms in total. The predicted octanol–water partition coefficient (Wildman–Crippen LogP) is 2.64. The summed E-state index contributed by atoms with van der Waals surface area (Å²) in [6.07, 6.45) is 1.06. The Morgan fingerprint density at radius 3 is 2.62 bits per heavy atom. The van der Waals surface area contributed by atoms with Crippen molar-refractivity contribution in [3.8, 4) is 0 Å². The van der Waals surface area contributed by atoms with Gasteiger partial charge >= 0.3 is 0 Å². The first-order valence-electron chi connectivity index (χ1n) is 5.91. The maximum Gasteiger partial charge on any atom is 0.125 e. The van der Waals surface area contributed by atoms with Crippen molar-refractivity contribution in [3.05, 3.63) is 30.1 Å². The van der Waals surface area contributed by atoms with Crippen LogP contribution in [0.3, 0.4) is 0 Å². The van der Waals surface area contributed by atoms with E-state index in [4.69, 9.17) is 5.73 Å². The van der Waals surface area contributed by atoms with Crippen molar-refractivity contribution in [1.82, 2.24) is 0 Å². The molecule has 0 spiro atoms. The number of nitrogens with zero attached hydrogens (tertiary/aromatic N) is 1. The van der Waals surface area contributed by atoms with E-state index in [9.17, 15) is 4.39 Å². The molecule has 0 aromatic heterocycles. The quantitative estimate of drug-likeness (QED) is 0.805. The molecule has 0 radical (unpaired) electrons. The number of hydrogen-bond acceptors (Lipinski definition) is 2. The van der Waals surface area contributed by atoms with Crippen molar-refractivity contribution in [2.45, 2.75) is 20.3 Å². The fourth-order valence-electron chi connectivity index (χ4n) is 1.77. The van der Waals surface area contributed by atoms with Gasteiger partial charge in [0.1, 0.15) is 5.82 Å². The van der Waals surface area contributed by atoms with Gasteiger partial charge in [0.25, 0.3) is 0 Å². The van der Waals surface area contributed by atoms with E-state index in [1.807, 2.05) is 6.07 Å². The lowest BCUT2D eigenvalue weighted by Crippen LogP contribution is -2.32. The highest BCUT2D eigenvalue weighted by atomic mass is 19.1. The SMILES string of the molecule is CCC(CN)CN(CC)c1cccc(F)c1. The van der Waals surface area contributed by atoms with Crippen molar-refractivity contribution in [3.63, 3.8) is 0 Å². The van der Waals surface area contributed by atoms with Crippen molar-refractivity contribution in [1.29, 1.82) is 0 Å². The minimum absolute atomic E-state index is 0.184. The zero-order chi connectivity index (χ0) is 12.0. The van der Waals surface area contributed by atoms with Gasteiger partial charge < -0.3 is 10.6 Å². The largest absolute Gasteiger partial charge is 0.371 e. The summed E-state index contributed by atoms with van der Waals surface area (Å²) in [5, 5.41) is 0. The van der Waals surface area contributed by atoms with E-state index in [2.05, 4.69) is 18.7 Å². The van der Waals surface area contributed by atoms with E-state index in [1.54, 1.807) is 12.1 Å². The average molecular weight is 224 g/mol. The molecular weight excluding hydrogens is 203 g/mol. The molecule has 2 N–H and O–H groups in total. The Morgan fingerprint density at radius 1 is 1.38 bits per heavy atom. The molecule has 0 fully saturated rings. The molecule has 1 aromatic carbocycles. The summed E-state index contributed by atoms with van der Waals surface area (Å²) >= 11 is 0. The molecule has 1 atom stereocenters. The molecule has 1 unspecified atom stereocenters. The Hall–Kier alpha value is -1.09. The van der Waals surface area contributed by atoms with Crippen LogP contribution in [-0.2, 0) is 0 Å². The van der Waals surface area contributed by atoms with Crippen LogP contribution in [0.4, 0.5) is 10.1 Å². The highest BCUT2D eigenvalue weighted by Gasteiger charge is 2.11. The number of halogens is 1. The molecule has 1 aromatic rings. The van der Waals surface area contributed by atoms with E-state index in [0.29, 0.717) is 12.5 Å². The van der Waals surface area contributed by atoms with Crippen molar-refractivity contribution < 1.29 is 4.39 Å². The minimum Gasteiger partial charge on any atom is -0.371 e. The summed E-state index contributed by atoms with van der Waals surface area (Å²) in [6, 6.07) is 6.73. The third-order valence-electron chi connectivity index (χ3n) is 2.94. The van der Waals surface area contributed by atoms with Gasteiger partial charge in [-0.1, -0.05) is 19.4 Å². The second kappa shape index (κ2) is 6.48. The molecular formula is C13H21FN2. The van der Waals surface area contributed by atoms with Gasteiger partial charge in [-0.25, -0.2) is 4.39 Å². The van der Waals surface area contributed by atoms with Gasteiger partial charge in [-0.05, 0) is 37.6 Å². The lowest BCUT2D eigenvalue weighted by molar-refractivity contribution is 0.511. The minimum atomic E-state index is -0.184. The number of hydrogen-bond donors (Lipinski definition) is 1. The second-order valence-corrected chi connectivity index (χ2v) is 4.03. The third kappa shape index (κ3) is 3.49. The van der Waals surface area contributed by atoms with Crippen molar-refractivity contribution >= 4 is 5.69 Å². The molecule has 0 aliphatic carbocycles. The lowest BCUT2D eigenvalue weighted by atomic mass is 10.1. The standard InChI is InChI=1S/C13H21FN2/c1-3-11(9-15)10-16(4-2)13-7-5-6-12(14)8-13/h5-8,11H,3-4,9-10,15H2,1-2H3. The maximum absolute atomic E-state index is 13.1. The lowest BCUT2D eigenvalue weighted by Gasteiger charge is -2.27. The van der Waals surface area contributed by atoms with Crippen LogP contribution in [0.25, 0.3) is 0 Å². The zero-order valence-electron chi connectivity index (χ0n) is 10.1. The van der Waals surface area contributed by atoms with E-state index in [1.165, 1.54) is 6.07 Å². The summed E-state index contributed by atoms with van der Waals surface area (Å²) in [5.74, 6) is 0.292. The summed E-state index contributed by atoms with van der Waals surface area (Å²) in [4.78, 5) is 2.17. The molecule has 90 valence electrons. The van der Waals surface area contributed by atoms with Gasteiger partial charge in [-0.3, -0.25) is 0 Å². The molecule has 0 aliphatic heterocycles. The summed E-state index contributed by atoms with van der Waals surface area (Å²) in [5.41, 5.74) is 6.63. The highest BCUT2D eigenvalue weighted by Crippen LogP contribution is 2.17. The molecule has 16 heavy (non-hydrogen) atoms. The fraction of sp³-hybridized carbons (Fsp3) is 0.538. The van der Waals surface area contributed by atoms with E-state index in [-0.39, 0.29) is 5.82 Å². The van der Waals surface area contributed by atoms with Crippen LogP contribution in [0.1, 0.15) is 20.3 Å². The fourth-order valence-corrected chi connectivity index (χ4v) is 1.77. The van der Waals surface area contributed by atoms with Crippen molar-refractivity contribution in [2.24, 2.45) is 11.7 Å². The first-order valence-corrected chi connectivity index (χ1v) is 5.91. The smallest absolute Gasteiger partial charge is 0.125 e. The average Bonchev–Trinajstić information content (AvgIpc) is 2.31. The predicted molar refractivity (Wildman–Crippen MR) is 67.1 cm³/mol. The van der Waals surface area contributed by atoms with Gasteiger partial charge in [0.05, 0.1) is 0 Å². The Bertz CT molecular complexity index is 311. The summed E-state index contributed by atoms with van der Waals surface area (Å²) in [6.45, 7) is 6.67. The first kappa shape index (κ1) is 13.0. The number of nitrogens with two attached hydrogens (primary N) is 1. The first-order chi connectivity index (χ1) is 7.71. The summed E-state index contributed by atoms with van der Waals surface area (Å²) < 4.78 is 13.1. The summed E-state index contributed by atoms with van der Waals surface area (Å²) in [7, 11) is 0. The van der Waals surface area contributed by atoms with E-state index in [0.717, 1.165) is 25.2 Å². The Labute approximate surface area is 97.3 Å². The van der Waals surface area contributed by atoms with E-state index < -0.39 is 0 Å². The highest BCUT2D eigenvalue weighted by molar-refractivity contribution is 5.46. The van der Waals surface area contributed by atoms with E-state index >= 15 is 0 Å². The van der Waals surface area contributed by atoms with Crippen molar-refractivity contribution in [2.75, 3.05) is 24.5 Å². The van der Waals surface area contributed by atoms with Gasteiger partial charge in [-0.15, -0.1) is 0 Å². The van der Waals surface area contributed by atoms with Crippen LogP contribution in [0.2, 0.25) is 0 Å². The topological polar surface area (TPSA) is 29.3 Å². The Morgan fingerprint density at radius 2 is 2.12 bits per heavy atom. The Kier molecular flexibility index (Phi) is 5.26. The molecule has 0 heterocycles. The van der Waals surface area contributed by atoms with Gasteiger partial charge in [0.15, 0.2) is 0 Å². The molecule has 0 saturated heterocycles. The molecule has 1 rings (SSSR count). The van der Waals surface area contributed by atoms with Crippen LogP contribution >= 0.6 is 0 Å². The van der Waals surface area contributed by atoms with Crippen LogP contribution in [-0.4, -0.2) is 19.6 Å². The van der Waals surface area contributed by atoms with Crippen LogP contribution in [0, 0.1) is 11.7 Å². The van der Waals surface area contributed by atoms with Crippen LogP contribution in [0.15, 0.2) is 24.3 Å². The molecule has 0 aliphatic rings. The maximum atomic E-state index is 13.1. The zero-order valence-corrected chi connectivity index (χ0v) is 10.1. The number of benzene rings is 1. The number of anilines is 1. The second-order valence-electron chi connectivity index (χ2n) is 4.03. The van der Waals surface area contributed by atoms with Gasteiger partial charge in [0, 0.05) is 18.8 Å². The molecule has 0 saturated carbocycles. The normalized spacial score (nSPS) is 12.5. The monoisotopic (exact) mass is 224 g/mol. The molecule has 3 heteroatoms. The van der Waals surface area contributed by atoms with Crippen LogP contribution in [0.5, 0.6) is 0 Å². The van der Waals surface area contributed by atoms with Crippen LogP contribution < -0.4 is 10.6 Å². The molecule has 0 bridgehead atoms. The third-order valence-corrected chi connectivity index (χ3v) is 2.94. The number of rotatable bonds is 6. The molecule has 0 amide bonds. The Balaban J connectivity index is 2.74. The van der Waals surface area contributed by atoms with Gasteiger partial charge in [-0.2, -0.15) is 0 Å².